The number of carbonyl (C=O) groups excluding carboxylic acids is 1. The molecule has 0 N–H and O–H groups in total. The Morgan fingerprint density at radius 3 is 3.14 bits per heavy atom. The van der Waals surface area contributed by atoms with Crippen LogP contribution in [0.3, 0.4) is 0 Å². The molecule has 1 saturated heterocycles. The maximum atomic E-state index is 11.6. The molecule has 0 aliphatic carbocycles. The molecule has 78 valence electrons. The standard InChI is InChI=1S/C9H14N2O3/c1-2-3-8-9(12)11(5-4-10-13)6-7-14-8/h2,8H,1,3-7H2. The smallest absolute Gasteiger partial charge is 0.252 e. The lowest BCUT2D eigenvalue weighted by molar-refractivity contribution is -0.152. The lowest BCUT2D eigenvalue weighted by Crippen LogP contribution is -2.48. The molecule has 1 aliphatic rings. The summed E-state index contributed by atoms with van der Waals surface area (Å²) in [5.74, 6) is -0.0696. The second-order valence-electron chi connectivity index (χ2n) is 3.06. The highest BCUT2D eigenvalue weighted by atomic mass is 16.5. The Kier molecular flexibility index (Phi) is 4.25. The van der Waals surface area contributed by atoms with E-state index in [9.17, 15) is 9.70 Å². The third kappa shape index (κ3) is 2.63. The summed E-state index contributed by atoms with van der Waals surface area (Å²) in [7, 11) is 0. The summed E-state index contributed by atoms with van der Waals surface area (Å²) in [6.45, 7) is 5.15. The van der Waals surface area contributed by atoms with Crippen LogP contribution < -0.4 is 0 Å². The fourth-order valence-corrected chi connectivity index (χ4v) is 1.39. The molecule has 1 unspecified atom stereocenters. The number of amides is 1. The van der Waals surface area contributed by atoms with Crippen molar-refractivity contribution >= 4 is 5.91 Å². The van der Waals surface area contributed by atoms with Crippen molar-refractivity contribution in [1.82, 2.24) is 4.90 Å². The third-order valence-corrected chi connectivity index (χ3v) is 2.11. The molecule has 0 aromatic heterocycles. The SMILES string of the molecule is C=CCC1OCCN(CCN=O)C1=O. The number of hydrogen-bond donors (Lipinski definition) is 0. The highest BCUT2D eigenvalue weighted by molar-refractivity contribution is 5.81. The molecule has 1 rings (SSSR count). The first-order valence-electron chi connectivity index (χ1n) is 4.60. The van der Waals surface area contributed by atoms with Gasteiger partial charge in [0.15, 0.2) is 0 Å². The molecule has 1 heterocycles. The predicted molar refractivity (Wildman–Crippen MR) is 51.8 cm³/mol. The first-order chi connectivity index (χ1) is 6.79. The molecule has 1 amide bonds. The van der Waals surface area contributed by atoms with Gasteiger partial charge in [0.1, 0.15) is 6.10 Å². The quantitative estimate of drug-likeness (QED) is 0.479. The van der Waals surface area contributed by atoms with Crippen molar-refractivity contribution in [3.63, 3.8) is 0 Å². The van der Waals surface area contributed by atoms with E-state index < -0.39 is 6.10 Å². The number of hydrogen-bond acceptors (Lipinski definition) is 4. The van der Waals surface area contributed by atoms with Gasteiger partial charge in [-0.25, -0.2) is 0 Å². The molecule has 0 radical (unpaired) electrons. The Bertz CT molecular complexity index is 230. The molecule has 0 aromatic rings. The molecule has 1 atom stereocenters. The van der Waals surface area contributed by atoms with E-state index in [0.717, 1.165) is 0 Å². The normalized spacial score (nSPS) is 22.1. The minimum atomic E-state index is -0.423. The molecule has 0 spiro atoms. The summed E-state index contributed by atoms with van der Waals surface area (Å²) in [5.41, 5.74) is 0. The molecule has 1 aliphatic heterocycles. The zero-order valence-electron chi connectivity index (χ0n) is 8.02. The molecule has 5 heteroatoms. The zero-order valence-corrected chi connectivity index (χ0v) is 8.02. The van der Waals surface area contributed by atoms with E-state index in [1.54, 1.807) is 11.0 Å². The number of rotatable bonds is 5. The number of carbonyl (C=O) groups is 1. The van der Waals surface area contributed by atoms with Gasteiger partial charge in [0, 0.05) is 19.5 Å². The minimum Gasteiger partial charge on any atom is -0.366 e. The van der Waals surface area contributed by atoms with Gasteiger partial charge in [-0.15, -0.1) is 6.58 Å². The van der Waals surface area contributed by atoms with Crippen LogP contribution in [0.2, 0.25) is 0 Å². The van der Waals surface area contributed by atoms with Crippen molar-refractivity contribution in [3.8, 4) is 0 Å². The van der Waals surface area contributed by atoms with Gasteiger partial charge < -0.3 is 9.64 Å². The fraction of sp³-hybridized carbons (Fsp3) is 0.667. The molecule has 5 nitrogen and oxygen atoms in total. The van der Waals surface area contributed by atoms with Crippen LogP contribution in [0.15, 0.2) is 17.8 Å². The van der Waals surface area contributed by atoms with Gasteiger partial charge in [-0.3, -0.25) is 4.79 Å². The lowest BCUT2D eigenvalue weighted by atomic mass is 10.2. The summed E-state index contributed by atoms with van der Waals surface area (Å²) in [6, 6.07) is 0. The van der Waals surface area contributed by atoms with E-state index >= 15 is 0 Å². The van der Waals surface area contributed by atoms with Crippen LogP contribution in [-0.2, 0) is 9.53 Å². The summed E-state index contributed by atoms with van der Waals surface area (Å²) in [5, 5.41) is 2.73. The van der Waals surface area contributed by atoms with Crippen molar-refractivity contribution in [2.24, 2.45) is 5.18 Å². The van der Waals surface area contributed by atoms with Crippen molar-refractivity contribution in [3.05, 3.63) is 17.6 Å². The number of morpholine rings is 1. The van der Waals surface area contributed by atoms with Gasteiger partial charge >= 0.3 is 0 Å². The summed E-state index contributed by atoms with van der Waals surface area (Å²) in [4.78, 5) is 23.2. The van der Waals surface area contributed by atoms with Crippen LogP contribution in [0.25, 0.3) is 0 Å². The molecular weight excluding hydrogens is 184 g/mol. The van der Waals surface area contributed by atoms with Gasteiger partial charge in [-0.1, -0.05) is 11.3 Å². The van der Waals surface area contributed by atoms with Crippen LogP contribution in [0.5, 0.6) is 0 Å². The highest BCUT2D eigenvalue weighted by Gasteiger charge is 2.27. The highest BCUT2D eigenvalue weighted by Crippen LogP contribution is 2.10. The molecule has 0 saturated carbocycles. The Morgan fingerprint density at radius 2 is 2.50 bits per heavy atom. The summed E-state index contributed by atoms with van der Waals surface area (Å²) < 4.78 is 5.27. The lowest BCUT2D eigenvalue weighted by Gasteiger charge is -2.31. The van der Waals surface area contributed by atoms with Crippen molar-refractivity contribution in [2.75, 3.05) is 26.2 Å². The molecule has 0 bridgehead atoms. The maximum Gasteiger partial charge on any atom is 0.252 e. The Morgan fingerprint density at radius 1 is 1.71 bits per heavy atom. The monoisotopic (exact) mass is 198 g/mol. The average molecular weight is 198 g/mol. The van der Waals surface area contributed by atoms with Crippen LogP contribution in [0, 0.1) is 4.91 Å². The predicted octanol–water partition coefficient (Wildman–Crippen LogP) is 0.556. The number of nitrogens with zero attached hydrogens (tertiary/aromatic N) is 2. The molecule has 1 fully saturated rings. The van der Waals surface area contributed by atoms with Gasteiger partial charge in [-0.05, 0) is 0 Å². The van der Waals surface area contributed by atoms with E-state index in [4.69, 9.17) is 4.74 Å². The topological polar surface area (TPSA) is 59.0 Å². The van der Waals surface area contributed by atoms with Crippen LogP contribution in [0.4, 0.5) is 0 Å². The van der Waals surface area contributed by atoms with Crippen LogP contribution >= 0.6 is 0 Å². The Hall–Kier alpha value is -1.23. The Labute approximate surface area is 82.7 Å². The number of ether oxygens (including phenoxy) is 1. The first kappa shape index (κ1) is 10.8. The van der Waals surface area contributed by atoms with E-state index in [2.05, 4.69) is 11.8 Å². The second-order valence-corrected chi connectivity index (χ2v) is 3.06. The minimum absolute atomic E-state index is 0.0696. The Balaban J connectivity index is 2.47. The second kappa shape index (κ2) is 5.49. The van der Waals surface area contributed by atoms with Crippen molar-refractivity contribution in [2.45, 2.75) is 12.5 Å². The fourth-order valence-electron chi connectivity index (χ4n) is 1.39. The zero-order chi connectivity index (χ0) is 10.4. The van der Waals surface area contributed by atoms with E-state index in [0.29, 0.717) is 26.1 Å². The van der Waals surface area contributed by atoms with E-state index in [1.807, 2.05) is 0 Å². The largest absolute Gasteiger partial charge is 0.366 e. The van der Waals surface area contributed by atoms with Crippen LogP contribution in [0.1, 0.15) is 6.42 Å². The van der Waals surface area contributed by atoms with Gasteiger partial charge in [0.2, 0.25) is 0 Å². The van der Waals surface area contributed by atoms with Crippen molar-refractivity contribution in [1.29, 1.82) is 0 Å². The van der Waals surface area contributed by atoms with Gasteiger partial charge in [0.25, 0.3) is 5.91 Å². The summed E-state index contributed by atoms with van der Waals surface area (Å²) >= 11 is 0. The van der Waals surface area contributed by atoms with E-state index in [1.165, 1.54) is 0 Å². The first-order valence-corrected chi connectivity index (χ1v) is 4.60. The van der Waals surface area contributed by atoms with Gasteiger partial charge in [0.05, 0.1) is 13.2 Å². The third-order valence-electron chi connectivity index (χ3n) is 2.11. The van der Waals surface area contributed by atoms with Crippen LogP contribution in [-0.4, -0.2) is 43.2 Å². The molecule has 0 aromatic carbocycles. The molecular formula is C9H14N2O3. The average Bonchev–Trinajstić information content (AvgIpc) is 2.20. The number of nitroso groups, excluding NO2 is 1. The van der Waals surface area contributed by atoms with E-state index in [-0.39, 0.29) is 12.5 Å². The molecule has 14 heavy (non-hydrogen) atoms. The maximum absolute atomic E-state index is 11.6. The summed E-state index contributed by atoms with van der Waals surface area (Å²) in [6.07, 6.45) is 1.75. The van der Waals surface area contributed by atoms with Crippen molar-refractivity contribution < 1.29 is 9.53 Å². The van der Waals surface area contributed by atoms with Gasteiger partial charge in [-0.2, -0.15) is 4.91 Å².